The van der Waals surface area contributed by atoms with Crippen molar-refractivity contribution in [1.29, 1.82) is 0 Å². The fraction of sp³-hybridized carbons (Fsp3) is 0.312. The van der Waals surface area contributed by atoms with Gasteiger partial charge in [-0.3, -0.25) is 19.8 Å². The van der Waals surface area contributed by atoms with Crippen molar-refractivity contribution in [3.63, 3.8) is 0 Å². The Kier molecular flexibility index (Phi) is 5.13. The molecule has 7 heteroatoms. The summed E-state index contributed by atoms with van der Waals surface area (Å²) in [5.41, 5.74) is 0.754. The van der Waals surface area contributed by atoms with Gasteiger partial charge in [0.1, 0.15) is 11.5 Å². The highest BCUT2D eigenvalue weighted by Gasteiger charge is 2.16. The van der Waals surface area contributed by atoms with Crippen LogP contribution in [0.25, 0.3) is 11.3 Å². The summed E-state index contributed by atoms with van der Waals surface area (Å²) in [4.78, 5) is 22.9. The maximum absolute atomic E-state index is 10.9. The summed E-state index contributed by atoms with van der Waals surface area (Å²) in [6.07, 6.45) is 0. The summed E-state index contributed by atoms with van der Waals surface area (Å²) in [6.45, 7) is 4.16. The lowest BCUT2D eigenvalue weighted by atomic mass is 10.1. The topological polar surface area (TPSA) is 96.8 Å². The average Bonchev–Trinajstić information content (AvgIpc) is 2.94. The van der Waals surface area contributed by atoms with Crippen molar-refractivity contribution in [1.82, 2.24) is 4.90 Å². The standard InChI is InChI=1S/C16H18N2O5/c1-11(2)17(10-16(19)20)9-14-7-8-15(23-14)12-3-5-13(6-4-12)18(21)22/h3-8,11H,9-10H2,1-2H3,(H,19,20). The second kappa shape index (κ2) is 7.06. The first kappa shape index (κ1) is 16.7. The number of furan rings is 1. The van der Waals surface area contributed by atoms with Crippen LogP contribution in [0.15, 0.2) is 40.8 Å². The van der Waals surface area contributed by atoms with Crippen molar-refractivity contribution < 1.29 is 19.2 Å². The van der Waals surface area contributed by atoms with E-state index in [2.05, 4.69) is 0 Å². The van der Waals surface area contributed by atoms with E-state index in [-0.39, 0.29) is 18.3 Å². The third kappa shape index (κ3) is 4.40. The number of carboxylic acid groups (broad SMARTS) is 1. The van der Waals surface area contributed by atoms with Crippen LogP contribution in [0.4, 0.5) is 5.69 Å². The minimum Gasteiger partial charge on any atom is -0.480 e. The van der Waals surface area contributed by atoms with Gasteiger partial charge in [0.25, 0.3) is 5.69 Å². The summed E-state index contributed by atoms with van der Waals surface area (Å²) < 4.78 is 5.73. The van der Waals surface area contributed by atoms with E-state index in [9.17, 15) is 14.9 Å². The molecule has 1 aromatic heterocycles. The minimum absolute atomic E-state index is 0.0213. The molecule has 0 aliphatic carbocycles. The number of hydrogen-bond acceptors (Lipinski definition) is 5. The molecule has 0 spiro atoms. The highest BCUT2D eigenvalue weighted by Crippen LogP contribution is 2.25. The van der Waals surface area contributed by atoms with Gasteiger partial charge < -0.3 is 9.52 Å². The number of nitro groups is 1. The number of nitrogens with zero attached hydrogens (tertiary/aromatic N) is 2. The number of rotatable bonds is 7. The molecule has 0 radical (unpaired) electrons. The maximum Gasteiger partial charge on any atom is 0.317 e. The van der Waals surface area contributed by atoms with E-state index in [4.69, 9.17) is 9.52 Å². The van der Waals surface area contributed by atoms with Gasteiger partial charge in [0.2, 0.25) is 0 Å². The molecule has 0 fully saturated rings. The van der Waals surface area contributed by atoms with Crippen LogP contribution in [0, 0.1) is 10.1 Å². The molecule has 0 amide bonds. The lowest BCUT2D eigenvalue weighted by molar-refractivity contribution is -0.384. The Morgan fingerprint density at radius 2 is 1.91 bits per heavy atom. The quantitative estimate of drug-likeness (QED) is 0.622. The van der Waals surface area contributed by atoms with Gasteiger partial charge in [-0.15, -0.1) is 0 Å². The number of hydrogen-bond donors (Lipinski definition) is 1. The monoisotopic (exact) mass is 318 g/mol. The van der Waals surface area contributed by atoms with Crippen molar-refractivity contribution in [2.45, 2.75) is 26.4 Å². The Morgan fingerprint density at radius 3 is 2.43 bits per heavy atom. The molecule has 0 atom stereocenters. The molecule has 2 aromatic rings. The first-order valence-corrected chi connectivity index (χ1v) is 7.16. The molecule has 7 nitrogen and oxygen atoms in total. The molecule has 2 rings (SSSR count). The molecule has 0 saturated carbocycles. The highest BCUT2D eigenvalue weighted by molar-refractivity contribution is 5.69. The zero-order valence-corrected chi connectivity index (χ0v) is 12.9. The fourth-order valence-corrected chi connectivity index (χ4v) is 2.16. The van der Waals surface area contributed by atoms with Gasteiger partial charge in [0.15, 0.2) is 0 Å². The smallest absolute Gasteiger partial charge is 0.317 e. The Bertz CT molecular complexity index is 691. The van der Waals surface area contributed by atoms with Crippen LogP contribution in [0.1, 0.15) is 19.6 Å². The molecular weight excluding hydrogens is 300 g/mol. The van der Waals surface area contributed by atoms with E-state index in [0.717, 1.165) is 5.56 Å². The van der Waals surface area contributed by atoms with E-state index in [1.807, 2.05) is 13.8 Å². The van der Waals surface area contributed by atoms with E-state index < -0.39 is 10.9 Å². The summed E-state index contributed by atoms with van der Waals surface area (Å²) in [5, 5.41) is 19.6. The lowest BCUT2D eigenvalue weighted by Crippen LogP contribution is -2.34. The van der Waals surface area contributed by atoms with E-state index >= 15 is 0 Å². The van der Waals surface area contributed by atoms with Gasteiger partial charge in [-0.05, 0) is 38.1 Å². The van der Waals surface area contributed by atoms with Crippen molar-refractivity contribution in [3.8, 4) is 11.3 Å². The molecule has 0 aliphatic rings. The van der Waals surface area contributed by atoms with Gasteiger partial charge >= 0.3 is 5.97 Å². The van der Waals surface area contributed by atoms with Gasteiger partial charge in [-0.1, -0.05) is 0 Å². The van der Waals surface area contributed by atoms with Crippen LogP contribution in [0.3, 0.4) is 0 Å². The molecule has 1 heterocycles. The van der Waals surface area contributed by atoms with Gasteiger partial charge in [-0.25, -0.2) is 0 Å². The Morgan fingerprint density at radius 1 is 1.26 bits per heavy atom. The third-order valence-corrected chi connectivity index (χ3v) is 3.45. The number of carbonyl (C=O) groups is 1. The lowest BCUT2D eigenvalue weighted by Gasteiger charge is -2.23. The SMILES string of the molecule is CC(C)N(CC(=O)O)Cc1ccc(-c2ccc([N+](=O)[O-])cc2)o1. The third-order valence-electron chi connectivity index (χ3n) is 3.45. The zero-order valence-electron chi connectivity index (χ0n) is 12.9. The Balaban J connectivity index is 2.13. The normalized spacial score (nSPS) is 11.1. The molecule has 122 valence electrons. The minimum atomic E-state index is -0.888. The summed E-state index contributed by atoms with van der Waals surface area (Å²) >= 11 is 0. The van der Waals surface area contributed by atoms with Crippen LogP contribution in [0.2, 0.25) is 0 Å². The van der Waals surface area contributed by atoms with Crippen LogP contribution in [-0.2, 0) is 11.3 Å². The fourth-order valence-electron chi connectivity index (χ4n) is 2.16. The highest BCUT2D eigenvalue weighted by atomic mass is 16.6. The van der Waals surface area contributed by atoms with Gasteiger partial charge in [0.05, 0.1) is 18.0 Å². The van der Waals surface area contributed by atoms with E-state index in [1.54, 1.807) is 29.2 Å². The molecule has 1 N–H and O–H groups in total. The number of nitro benzene ring substituents is 1. The largest absolute Gasteiger partial charge is 0.480 e. The molecule has 0 aliphatic heterocycles. The number of benzene rings is 1. The molecule has 23 heavy (non-hydrogen) atoms. The molecule has 0 bridgehead atoms. The first-order valence-electron chi connectivity index (χ1n) is 7.16. The molecule has 1 aromatic carbocycles. The Labute approximate surface area is 133 Å². The summed E-state index contributed by atoms with van der Waals surface area (Å²) in [7, 11) is 0. The van der Waals surface area contributed by atoms with Crippen LogP contribution in [-0.4, -0.2) is 33.5 Å². The predicted molar refractivity (Wildman–Crippen MR) is 84.0 cm³/mol. The average molecular weight is 318 g/mol. The Hall–Kier alpha value is -2.67. The summed E-state index contributed by atoms with van der Waals surface area (Å²) in [6, 6.07) is 9.71. The summed E-state index contributed by atoms with van der Waals surface area (Å²) in [5.74, 6) is 0.350. The zero-order chi connectivity index (χ0) is 17.0. The van der Waals surface area contributed by atoms with Crippen LogP contribution in [0.5, 0.6) is 0 Å². The second-order valence-electron chi connectivity index (χ2n) is 5.46. The van der Waals surface area contributed by atoms with Gasteiger partial charge in [0, 0.05) is 23.7 Å². The number of non-ortho nitro benzene ring substituents is 1. The number of carboxylic acids is 1. The van der Waals surface area contributed by atoms with Crippen molar-refractivity contribution in [2.75, 3.05) is 6.54 Å². The predicted octanol–water partition coefficient (Wildman–Crippen LogP) is 3.15. The van der Waals surface area contributed by atoms with Gasteiger partial charge in [-0.2, -0.15) is 0 Å². The van der Waals surface area contributed by atoms with Crippen molar-refractivity contribution >= 4 is 11.7 Å². The van der Waals surface area contributed by atoms with Crippen LogP contribution >= 0.6 is 0 Å². The first-order chi connectivity index (χ1) is 10.9. The maximum atomic E-state index is 10.9. The number of aliphatic carboxylic acids is 1. The molecule has 0 saturated heterocycles. The van der Waals surface area contributed by atoms with E-state index in [0.29, 0.717) is 18.1 Å². The van der Waals surface area contributed by atoms with E-state index in [1.165, 1.54) is 12.1 Å². The second-order valence-corrected chi connectivity index (χ2v) is 5.46. The van der Waals surface area contributed by atoms with Crippen LogP contribution < -0.4 is 0 Å². The molecular formula is C16H18N2O5. The van der Waals surface area contributed by atoms with Crippen molar-refractivity contribution in [3.05, 3.63) is 52.3 Å². The molecule has 0 unspecified atom stereocenters. The van der Waals surface area contributed by atoms with Crippen molar-refractivity contribution in [2.24, 2.45) is 0 Å².